The molecule has 0 aromatic carbocycles. The van der Waals surface area contributed by atoms with Gasteiger partial charge in [0.1, 0.15) is 0 Å². The third-order valence-electron chi connectivity index (χ3n) is 5.80. The van der Waals surface area contributed by atoms with Crippen molar-refractivity contribution in [3.05, 3.63) is 47.8 Å². The van der Waals surface area contributed by atoms with Crippen LogP contribution in [-0.2, 0) is 23.8 Å². The summed E-state index contributed by atoms with van der Waals surface area (Å²) in [4.78, 5) is 23.2. The van der Waals surface area contributed by atoms with Gasteiger partial charge in [-0.3, -0.25) is 0 Å². The molecule has 0 saturated carbocycles. The number of allylic oxidation sites excluding steroid dienone is 2. The van der Waals surface area contributed by atoms with Gasteiger partial charge < -0.3 is 0 Å². The number of esters is 2. The predicted molar refractivity (Wildman–Crippen MR) is 145 cm³/mol. The minimum atomic E-state index is -2.21. The molecule has 0 heterocycles. The normalized spacial score (nSPS) is 12.4. The summed E-state index contributed by atoms with van der Waals surface area (Å²) in [5.74, 6) is -0.126. The molecule has 0 radical (unpaired) electrons. The Morgan fingerprint density at radius 1 is 0.743 bits per heavy atom. The molecule has 0 bridgehead atoms. The SMILES string of the molecule is C=C(C)C(=O)OCCCC(=C)/C(OCC[PH](CO)(CO)CCCC)=C(\C)CCCOC(=O)C(=C)C. The molecule has 35 heavy (non-hydrogen) atoms. The van der Waals surface area contributed by atoms with E-state index in [0.717, 1.165) is 30.1 Å². The van der Waals surface area contributed by atoms with Crippen LogP contribution in [0.4, 0.5) is 0 Å². The molecule has 0 aliphatic rings. The van der Waals surface area contributed by atoms with Crippen LogP contribution in [0.15, 0.2) is 47.8 Å². The predicted octanol–water partition coefficient (Wildman–Crippen LogP) is 5.08. The monoisotopic (exact) mass is 514 g/mol. The summed E-state index contributed by atoms with van der Waals surface area (Å²) in [6.45, 7) is 19.5. The van der Waals surface area contributed by atoms with E-state index in [-0.39, 0.29) is 25.9 Å². The van der Waals surface area contributed by atoms with Gasteiger partial charge in [-0.25, -0.2) is 0 Å². The molecule has 0 fully saturated rings. The van der Waals surface area contributed by atoms with Crippen molar-refractivity contribution in [1.82, 2.24) is 0 Å². The Bertz CT molecular complexity index is 751. The van der Waals surface area contributed by atoms with E-state index < -0.39 is 19.2 Å². The first kappa shape index (κ1) is 33.0. The summed E-state index contributed by atoms with van der Waals surface area (Å²) in [7, 11) is -2.21. The second-order valence-electron chi connectivity index (χ2n) is 9.27. The Hall–Kier alpha value is -1.95. The zero-order valence-electron chi connectivity index (χ0n) is 22.2. The van der Waals surface area contributed by atoms with Gasteiger partial charge in [-0.05, 0) is 0 Å². The molecule has 0 aromatic heterocycles. The molecule has 0 unspecified atom stereocenters. The van der Waals surface area contributed by atoms with E-state index in [1.54, 1.807) is 13.8 Å². The fourth-order valence-electron chi connectivity index (χ4n) is 3.37. The topological polar surface area (TPSA) is 102 Å². The van der Waals surface area contributed by atoms with E-state index in [4.69, 9.17) is 14.2 Å². The first-order chi connectivity index (χ1) is 16.5. The van der Waals surface area contributed by atoms with Gasteiger partial charge in [0.15, 0.2) is 0 Å². The van der Waals surface area contributed by atoms with E-state index in [0.29, 0.717) is 55.4 Å². The molecular weight excluding hydrogens is 467 g/mol. The first-order valence-electron chi connectivity index (χ1n) is 12.4. The first-order valence-corrected chi connectivity index (χ1v) is 15.2. The van der Waals surface area contributed by atoms with E-state index in [1.807, 2.05) is 6.92 Å². The van der Waals surface area contributed by atoms with Gasteiger partial charge >= 0.3 is 212 Å². The summed E-state index contributed by atoms with van der Waals surface area (Å²) in [5, 5.41) is 19.9. The van der Waals surface area contributed by atoms with Crippen LogP contribution in [0.2, 0.25) is 0 Å². The molecule has 0 aliphatic heterocycles. The Balaban J connectivity index is 5.18. The molecule has 0 aromatic rings. The third-order valence-corrected chi connectivity index (χ3v) is 9.82. The van der Waals surface area contributed by atoms with Crippen LogP contribution in [-0.4, -0.2) is 67.0 Å². The molecule has 0 saturated heterocycles. The average molecular weight is 515 g/mol. The molecule has 7 nitrogen and oxygen atoms in total. The maximum absolute atomic E-state index is 11.6. The van der Waals surface area contributed by atoms with E-state index in [2.05, 4.69) is 26.7 Å². The van der Waals surface area contributed by atoms with Gasteiger partial charge in [0.2, 0.25) is 0 Å². The van der Waals surface area contributed by atoms with Gasteiger partial charge in [0.05, 0.1) is 0 Å². The van der Waals surface area contributed by atoms with Crippen LogP contribution in [0.3, 0.4) is 0 Å². The van der Waals surface area contributed by atoms with Crippen molar-refractivity contribution in [3.8, 4) is 0 Å². The molecule has 0 rings (SSSR count). The summed E-state index contributed by atoms with van der Waals surface area (Å²) < 4.78 is 16.5. The zero-order valence-corrected chi connectivity index (χ0v) is 23.2. The molecule has 0 amide bonds. The van der Waals surface area contributed by atoms with Gasteiger partial charge in [-0.2, -0.15) is 0 Å². The number of carbonyl (C=O) groups is 2. The molecule has 0 spiro atoms. The number of hydrogen-bond donors (Lipinski definition) is 2. The van der Waals surface area contributed by atoms with E-state index in [9.17, 15) is 19.8 Å². The summed E-state index contributed by atoms with van der Waals surface area (Å²) in [6, 6.07) is 0. The van der Waals surface area contributed by atoms with Crippen LogP contribution >= 0.6 is 7.26 Å². The maximum atomic E-state index is 11.6. The number of aliphatic hydroxyl groups excluding tert-OH is 2. The van der Waals surface area contributed by atoms with Crippen molar-refractivity contribution in [3.63, 3.8) is 0 Å². The molecular formula is C27H47O7P. The summed E-state index contributed by atoms with van der Waals surface area (Å²) in [5.41, 5.74) is 2.50. The van der Waals surface area contributed by atoms with Crippen molar-refractivity contribution >= 4 is 19.2 Å². The molecule has 8 heteroatoms. The van der Waals surface area contributed by atoms with Crippen molar-refractivity contribution in [2.45, 2.75) is 66.2 Å². The Labute approximate surface area is 212 Å². The van der Waals surface area contributed by atoms with E-state index >= 15 is 0 Å². The molecule has 0 atom stereocenters. The van der Waals surface area contributed by atoms with Crippen LogP contribution in [0, 0.1) is 0 Å². The van der Waals surface area contributed by atoms with Crippen molar-refractivity contribution in [1.29, 1.82) is 0 Å². The Morgan fingerprint density at radius 3 is 1.71 bits per heavy atom. The summed E-state index contributed by atoms with van der Waals surface area (Å²) >= 11 is 0. The fraction of sp³-hybridized carbons (Fsp3) is 0.630. The van der Waals surface area contributed by atoms with Gasteiger partial charge in [-0.15, -0.1) is 0 Å². The van der Waals surface area contributed by atoms with Crippen molar-refractivity contribution in [2.75, 3.05) is 44.8 Å². The van der Waals surface area contributed by atoms with Crippen molar-refractivity contribution in [2.24, 2.45) is 0 Å². The van der Waals surface area contributed by atoms with Gasteiger partial charge in [-0.1, -0.05) is 0 Å². The molecule has 0 aliphatic carbocycles. The Kier molecular flexibility index (Phi) is 17.3. The second kappa shape index (κ2) is 18.3. The van der Waals surface area contributed by atoms with E-state index in [1.165, 1.54) is 0 Å². The minimum absolute atomic E-state index is 0.0357. The molecule has 202 valence electrons. The van der Waals surface area contributed by atoms with Gasteiger partial charge in [0, 0.05) is 0 Å². The van der Waals surface area contributed by atoms with Crippen LogP contribution in [0.5, 0.6) is 0 Å². The standard InChI is InChI=1S/C27H47O7P/c1-8-9-17-35(19-28,20-29)18-16-32-25(23(6)12-10-14-33-26(30)21(2)3)24(7)13-11-15-34-27(31)22(4)5/h28-29,35H,2,4,6,8-20H2,1,3,5,7H3/b25-24-. The van der Waals surface area contributed by atoms with Crippen LogP contribution in [0.25, 0.3) is 0 Å². The Morgan fingerprint density at radius 2 is 1.26 bits per heavy atom. The number of rotatable bonds is 20. The van der Waals surface area contributed by atoms with Crippen LogP contribution < -0.4 is 0 Å². The quantitative estimate of drug-likeness (QED) is 0.0583. The molecule has 2 N–H and O–H groups in total. The fourth-order valence-corrected chi connectivity index (χ4v) is 5.99. The van der Waals surface area contributed by atoms with Crippen molar-refractivity contribution < 1.29 is 34.0 Å². The second-order valence-corrected chi connectivity index (χ2v) is 13.9. The van der Waals surface area contributed by atoms with Crippen LogP contribution in [0.1, 0.15) is 66.2 Å². The number of carbonyl (C=O) groups excluding carboxylic acids is 2. The number of ether oxygens (including phenoxy) is 3. The number of hydrogen-bond acceptors (Lipinski definition) is 7. The number of aliphatic hydroxyl groups is 2. The number of unbranched alkanes of at least 4 members (excludes halogenated alkanes) is 1. The third kappa shape index (κ3) is 13.6. The van der Waals surface area contributed by atoms with Gasteiger partial charge in [0.25, 0.3) is 0 Å². The average Bonchev–Trinajstić information content (AvgIpc) is 2.83. The summed E-state index contributed by atoms with van der Waals surface area (Å²) in [6.07, 6.45) is 6.04. The zero-order chi connectivity index (χ0) is 26.9.